The van der Waals surface area contributed by atoms with Crippen molar-refractivity contribution in [1.82, 2.24) is 0 Å². The molecule has 0 amide bonds. The minimum atomic E-state index is -0.877. The second-order valence-electron chi connectivity index (χ2n) is 16.8. The standard InChI is InChI=1S/C67H94O6/c1-4-7-10-13-16-19-22-25-28-31-33-36-39-42-45-48-51-54-57-60-66(69)72-63-64(62-71-65(68)59-56-53-50-47-44-41-38-35-30-27-24-21-18-15-12-9-6-3)73-67(70)61-58-55-52-49-46-43-40-37-34-32-29-26-23-20-17-14-11-8-5-2/h7-13,16-22,25-31,33-34,36-39,41-43,45-47,50,52,55,64H,4-6,14-15,23-24,32,35,40,44,48-49,51,53-54,56-63H2,1-3H3/b10-7-,11-8-,12-9-,16-13-,20-17-,21-18-,22-19-,28-25-,29-26-,30-27-,33-31+,37-34-,39-36-,41-38-,45-42-,46-43-,50-47-,55-52-. The molecular formula is C67H94O6. The molecule has 0 aliphatic rings. The van der Waals surface area contributed by atoms with Gasteiger partial charge in [-0.05, 0) is 116 Å². The van der Waals surface area contributed by atoms with Crippen LogP contribution < -0.4 is 0 Å². The van der Waals surface area contributed by atoms with Gasteiger partial charge < -0.3 is 14.2 Å². The number of hydrogen-bond acceptors (Lipinski definition) is 6. The predicted molar refractivity (Wildman–Crippen MR) is 315 cm³/mol. The molecule has 73 heavy (non-hydrogen) atoms. The van der Waals surface area contributed by atoms with E-state index in [1.807, 2.05) is 85.1 Å². The molecule has 0 aliphatic carbocycles. The summed E-state index contributed by atoms with van der Waals surface area (Å²) in [5.41, 5.74) is 0. The largest absolute Gasteiger partial charge is 0.462 e. The molecule has 0 radical (unpaired) electrons. The third-order valence-corrected chi connectivity index (χ3v) is 10.2. The number of rotatable bonds is 45. The van der Waals surface area contributed by atoms with Crippen LogP contribution in [0.4, 0.5) is 0 Å². The van der Waals surface area contributed by atoms with Crippen molar-refractivity contribution in [3.05, 3.63) is 219 Å². The van der Waals surface area contributed by atoms with Gasteiger partial charge in [-0.15, -0.1) is 0 Å². The molecule has 1 atom stereocenters. The van der Waals surface area contributed by atoms with Gasteiger partial charge in [0, 0.05) is 19.3 Å². The van der Waals surface area contributed by atoms with E-state index in [9.17, 15) is 14.4 Å². The lowest BCUT2D eigenvalue weighted by atomic mass is 10.1. The van der Waals surface area contributed by atoms with Crippen LogP contribution in [0.15, 0.2) is 219 Å². The lowest BCUT2D eigenvalue weighted by molar-refractivity contribution is -0.166. The summed E-state index contributed by atoms with van der Waals surface area (Å²) in [6, 6.07) is 0. The Labute approximate surface area is 444 Å². The van der Waals surface area contributed by atoms with Gasteiger partial charge in [0.05, 0.1) is 0 Å². The normalized spacial score (nSPS) is 13.8. The Morgan fingerprint density at radius 3 is 1.00 bits per heavy atom. The van der Waals surface area contributed by atoms with E-state index >= 15 is 0 Å². The number of esters is 3. The summed E-state index contributed by atoms with van der Waals surface area (Å²) in [5, 5.41) is 0. The lowest BCUT2D eigenvalue weighted by Crippen LogP contribution is -2.30. The van der Waals surface area contributed by atoms with Gasteiger partial charge in [-0.1, -0.05) is 246 Å². The molecule has 1 unspecified atom stereocenters. The van der Waals surface area contributed by atoms with Crippen molar-refractivity contribution in [2.75, 3.05) is 13.2 Å². The van der Waals surface area contributed by atoms with Crippen molar-refractivity contribution in [3.8, 4) is 0 Å². The molecular weight excluding hydrogens is 901 g/mol. The number of hydrogen-bond donors (Lipinski definition) is 0. The monoisotopic (exact) mass is 995 g/mol. The van der Waals surface area contributed by atoms with Crippen LogP contribution >= 0.6 is 0 Å². The third-order valence-electron chi connectivity index (χ3n) is 10.2. The maximum atomic E-state index is 12.8. The smallest absolute Gasteiger partial charge is 0.306 e. The Hall–Kier alpha value is -6.27. The number of carbonyl (C=O) groups is 3. The van der Waals surface area contributed by atoms with Gasteiger partial charge in [0.1, 0.15) is 13.2 Å². The minimum absolute atomic E-state index is 0.165. The molecule has 398 valence electrons. The van der Waals surface area contributed by atoms with E-state index in [1.165, 1.54) is 0 Å². The molecule has 0 saturated heterocycles. The van der Waals surface area contributed by atoms with Crippen LogP contribution in [0.25, 0.3) is 0 Å². The van der Waals surface area contributed by atoms with E-state index in [0.29, 0.717) is 19.3 Å². The zero-order valence-electron chi connectivity index (χ0n) is 45.3. The Kier molecular flexibility index (Phi) is 53.3. The molecule has 6 heteroatoms. The van der Waals surface area contributed by atoms with E-state index in [-0.39, 0.29) is 44.4 Å². The topological polar surface area (TPSA) is 78.9 Å². The molecule has 6 nitrogen and oxygen atoms in total. The zero-order valence-corrected chi connectivity index (χ0v) is 45.3. The molecule has 0 aromatic carbocycles. The average molecular weight is 995 g/mol. The molecule has 0 fully saturated rings. The third kappa shape index (κ3) is 56.5. The van der Waals surface area contributed by atoms with Gasteiger partial charge in [-0.25, -0.2) is 0 Å². The molecule has 0 saturated carbocycles. The number of allylic oxidation sites excluding steroid dienone is 36. The molecule has 0 heterocycles. The van der Waals surface area contributed by atoms with Crippen molar-refractivity contribution < 1.29 is 28.6 Å². The van der Waals surface area contributed by atoms with Crippen molar-refractivity contribution >= 4 is 17.9 Å². The quantitative estimate of drug-likeness (QED) is 0.0199. The van der Waals surface area contributed by atoms with Gasteiger partial charge in [-0.3, -0.25) is 14.4 Å². The molecule has 0 bridgehead atoms. The van der Waals surface area contributed by atoms with Crippen molar-refractivity contribution in [2.45, 2.75) is 168 Å². The Bertz CT molecular complexity index is 1910. The number of ether oxygens (including phenoxy) is 3. The van der Waals surface area contributed by atoms with Gasteiger partial charge >= 0.3 is 17.9 Å². The summed E-state index contributed by atoms with van der Waals surface area (Å²) >= 11 is 0. The van der Waals surface area contributed by atoms with Gasteiger partial charge in [0.25, 0.3) is 0 Å². The van der Waals surface area contributed by atoms with Crippen LogP contribution in [0.1, 0.15) is 162 Å². The van der Waals surface area contributed by atoms with Crippen LogP contribution in [-0.4, -0.2) is 37.2 Å². The Morgan fingerprint density at radius 2 is 0.603 bits per heavy atom. The second kappa shape index (κ2) is 58.3. The van der Waals surface area contributed by atoms with Crippen LogP contribution in [0.2, 0.25) is 0 Å². The van der Waals surface area contributed by atoms with Crippen LogP contribution in [0.3, 0.4) is 0 Å². The van der Waals surface area contributed by atoms with Crippen LogP contribution in [-0.2, 0) is 28.6 Å². The summed E-state index contributed by atoms with van der Waals surface area (Å²) in [4.78, 5) is 38.1. The van der Waals surface area contributed by atoms with E-state index < -0.39 is 12.1 Å². The first-order chi connectivity index (χ1) is 36.0. The molecule has 0 rings (SSSR count). The van der Waals surface area contributed by atoms with Crippen molar-refractivity contribution in [1.29, 1.82) is 0 Å². The summed E-state index contributed by atoms with van der Waals surface area (Å²) in [7, 11) is 0. The summed E-state index contributed by atoms with van der Waals surface area (Å²) < 4.78 is 16.7. The second-order valence-corrected chi connectivity index (χ2v) is 16.8. The van der Waals surface area contributed by atoms with E-state index in [4.69, 9.17) is 14.2 Å². The minimum Gasteiger partial charge on any atom is -0.462 e. The molecule has 0 aliphatic heterocycles. The van der Waals surface area contributed by atoms with Crippen molar-refractivity contribution in [2.24, 2.45) is 0 Å². The van der Waals surface area contributed by atoms with Crippen LogP contribution in [0, 0.1) is 0 Å². The maximum absolute atomic E-state index is 12.8. The summed E-state index contributed by atoms with van der Waals surface area (Å²) in [6.45, 7) is 6.07. The highest BCUT2D eigenvalue weighted by Crippen LogP contribution is 2.09. The van der Waals surface area contributed by atoms with Gasteiger partial charge in [0.15, 0.2) is 6.10 Å². The fourth-order valence-corrected chi connectivity index (χ4v) is 6.19. The SMILES string of the molecule is CC\C=C/C=C\C=C/C=C\C=C\C=C/C=C\CCCCCC(=O)OCC(COC(=O)CCC/C=C\C/C=C\C/C=C\C/C=C\C/C=C\CC)OC(=O)CC/C=C\C/C=C\C/C=C\C/C=C\C/C=C\C/C=C\CC. The lowest BCUT2D eigenvalue weighted by Gasteiger charge is -2.18. The highest BCUT2D eigenvalue weighted by molar-refractivity contribution is 5.71. The van der Waals surface area contributed by atoms with E-state index in [1.54, 1.807) is 0 Å². The summed E-state index contributed by atoms with van der Waals surface area (Å²) in [6.07, 6.45) is 92.2. The Balaban J connectivity index is 4.76. The molecule has 0 aromatic rings. The number of unbranched alkanes of at least 4 members (excludes halogenated alkanes) is 4. The highest BCUT2D eigenvalue weighted by Gasteiger charge is 2.19. The summed E-state index contributed by atoms with van der Waals surface area (Å²) in [5.74, 6) is -1.17. The molecule has 0 N–H and O–H groups in total. The molecule has 0 aromatic heterocycles. The predicted octanol–water partition coefficient (Wildman–Crippen LogP) is 18.6. The fourth-order valence-electron chi connectivity index (χ4n) is 6.19. The first-order valence-electron chi connectivity index (χ1n) is 27.3. The zero-order chi connectivity index (χ0) is 52.9. The first-order valence-corrected chi connectivity index (χ1v) is 27.3. The molecule has 0 spiro atoms. The fraction of sp³-hybridized carbons (Fsp3) is 0.418. The van der Waals surface area contributed by atoms with E-state index in [2.05, 4.69) is 154 Å². The van der Waals surface area contributed by atoms with E-state index in [0.717, 1.165) is 103 Å². The van der Waals surface area contributed by atoms with Gasteiger partial charge in [0.2, 0.25) is 0 Å². The van der Waals surface area contributed by atoms with Crippen molar-refractivity contribution in [3.63, 3.8) is 0 Å². The average Bonchev–Trinajstić information content (AvgIpc) is 3.39. The Morgan fingerprint density at radius 1 is 0.288 bits per heavy atom. The maximum Gasteiger partial charge on any atom is 0.306 e. The van der Waals surface area contributed by atoms with Crippen LogP contribution in [0.5, 0.6) is 0 Å². The number of carbonyl (C=O) groups excluding carboxylic acids is 3. The highest BCUT2D eigenvalue weighted by atomic mass is 16.6. The first kappa shape index (κ1) is 66.7. The van der Waals surface area contributed by atoms with Gasteiger partial charge in [-0.2, -0.15) is 0 Å².